The van der Waals surface area contributed by atoms with Gasteiger partial charge >= 0.3 is 0 Å². The van der Waals surface area contributed by atoms with E-state index in [2.05, 4.69) is 5.32 Å². The number of carbonyl (C=O) groups excluding carboxylic acids is 1. The van der Waals surface area contributed by atoms with E-state index in [0.29, 0.717) is 0 Å². The fourth-order valence-electron chi connectivity index (χ4n) is 0. The molecule has 0 aliphatic heterocycles. The quantitative estimate of drug-likeness (QED) is 0.542. The van der Waals surface area contributed by atoms with Gasteiger partial charge in [0.15, 0.2) is 0 Å². The molecule has 0 radical (unpaired) electrons. The number of Topliss-reactive ketones (excluding diaryl/α,β-unsaturated/α-hetero) is 1. The summed E-state index contributed by atoms with van der Waals surface area (Å²) < 4.78 is 0. The van der Waals surface area contributed by atoms with Crippen molar-refractivity contribution in [1.82, 2.24) is 5.32 Å². The second kappa shape index (κ2) is 25.5. The minimum atomic E-state index is 0.167. The minimum Gasteiger partial charge on any atom is -0.323 e. The summed E-state index contributed by atoms with van der Waals surface area (Å²) in [4.78, 5) is 9.44. The molecule has 0 heterocycles. The van der Waals surface area contributed by atoms with Gasteiger partial charge in [-0.3, -0.25) is 0 Å². The fraction of sp³-hybridized carbons (Fsp3) is 0.857. The smallest absolute Gasteiger partial charge is 0.126 e. The average Bonchev–Trinajstić information content (AvgIpc) is 1.71. The maximum absolute atomic E-state index is 9.44. The Kier molecular flexibility index (Phi) is 44.8. The Labute approximate surface area is 58.7 Å². The highest BCUT2D eigenvalue weighted by molar-refractivity contribution is 5.72. The zero-order valence-electron chi connectivity index (χ0n) is 7.41. The lowest BCUT2D eigenvalue weighted by molar-refractivity contribution is -0.114. The summed E-state index contributed by atoms with van der Waals surface area (Å²) in [7, 11) is 3.75. The van der Waals surface area contributed by atoms with Crippen molar-refractivity contribution in [3.05, 3.63) is 0 Å². The molecule has 9 heavy (non-hydrogen) atoms. The predicted octanol–water partition coefficient (Wildman–Crippen LogP) is 1.46. The summed E-state index contributed by atoms with van der Waals surface area (Å²) in [5, 5.41) is 2.75. The molecular weight excluding hydrogens is 114 g/mol. The van der Waals surface area contributed by atoms with Crippen LogP contribution < -0.4 is 5.32 Å². The van der Waals surface area contributed by atoms with Gasteiger partial charge in [0, 0.05) is 0 Å². The topological polar surface area (TPSA) is 29.1 Å². The molecule has 2 heteroatoms. The molecule has 0 amide bonds. The fourth-order valence-corrected chi connectivity index (χ4v) is 0. The maximum Gasteiger partial charge on any atom is 0.126 e. The van der Waals surface area contributed by atoms with Crippen LogP contribution >= 0.6 is 0 Å². The number of rotatable bonds is 0. The first-order valence-corrected chi connectivity index (χ1v) is 3.20. The van der Waals surface area contributed by atoms with Crippen molar-refractivity contribution in [1.29, 1.82) is 0 Å². The zero-order chi connectivity index (χ0) is 8.28. The van der Waals surface area contributed by atoms with E-state index in [1.54, 1.807) is 0 Å². The number of nitrogens with one attached hydrogen (secondary N) is 1. The minimum absolute atomic E-state index is 0.167. The number of hydrogen-bond donors (Lipinski definition) is 1. The van der Waals surface area contributed by atoms with Gasteiger partial charge in [-0.1, -0.05) is 13.8 Å². The summed E-state index contributed by atoms with van der Waals surface area (Å²) in [6, 6.07) is 0. The van der Waals surface area contributed by atoms with E-state index in [4.69, 9.17) is 0 Å². The first kappa shape index (κ1) is 15.9. The molecule has 0 saturated heterocycles. The van der Waals surface area contributed by atoms with Crippen LogP contribution in [0.15, 0.2) is 0 Å². The van der Waals surface area contributed by atoms with Crippen LogP contribution in [-0.4, -0.2) is 19.9 Å². The zero-order valence-corrected chi connectivity index (χ0v) is 7.41. The third kappa shape index (κ3) is 1770. The Morgan fingerprint density at radius 1 is 1.11 bits per heavy atom. The van der Waals surface area contributed by atoms with Gasteiger partial charge in [-0.15, -0.1) is 0 Å². The van der Waals surface area contributed by atoms with Crippen LogP contribution in [0.4, 0.5) is 0 Å². The standard InChI is InChI=1S/C3H6O.C2H7N.C2H6/c1-3(2)4;1-3-2;1-2/h1-2H3;3H,1-2H3;1-2H3. The first-order chi connectivity index (χ1) is 4.15. The van der Waals surface area contributed by atoms with Gasteiger partial charge in [-0.05, 0) is 27.9 Å². The predicted molar refractivity (Wildman–Crippen MR) is 42.7 cm³/mol. The lowest BCUT2D eigenvalue weighted by atomic mass is 10.6. The van der Waals surface area contributed by atoms with E-state index >= 15 is 0 Å². The lowest BCUT2D eigenvalue weighted by Gasteiger charge is -1.59. The highest BCUT2D eigenvalue weighted by atomic mass is 16.1. The SMILES string of the molecule is CC.CC(C)=O.CNC. The highest BCUT2D eigenvalue weighted by Gasteiger charge is 1.62. The molecule has 0 rings (SSSR count). The first-order valence-electron chi connectivity index (χ1n) is 3.20. The molecule has 0 aromatic carbocycles. The highest BCUT2D eigenvalue weighted by Crippen LogP contribution is 1.50. The van der Waals surface area contributed by atoms with Gasteiger partial charge in [0.25, 0.3) is 0 Å². The van der Waals surface area contributed by atoms with E-state index in [1.807, 2.05) is 27.9 Å². The molecule has 0 saturated carbocycles. The van der Waals surface area contributed by atoms with Crippen molar-refractivity contribution in [2.24, 2.45) is 0 Å². The molecule has 0 aromatic rings. The normalized spacial score (nSPS) is 5.56. The summed E-state index contributed by atoms with van der Waals surface area (Å²) >= 11 is 0. The van der Waals surface area contributed by atoms with Crippen molar-refractivity contribution >= 4 is 5.78 Å². The third-order valence-corrected chi connectivity index (χ3v) is 0. The van der Waals surface area contributed by atoms with Crippen molar-refractivity contribution in [2.45, 2.75) is 27.7 Å². The number of ketones is 1. The molecular formula is C7H19NO. The molecule has 0 aromatic heterocycles. The van der Waals surface area contributed by atoms with Gasteiger partial charge in [-0.2, -0.15) is 0 Å². The molecule has 0 fully saturated rings. The van der Waals surface area contributed by atoms with Crippen LogP contribution in [0, 0.1) is 0 Å². The Balaban J connectivity index is -0.0000000646. The van der Waals surface area contributed by atoms with E-state index in [9.17, 15) is 4.79 Å². The second-order valence-corrected chi connectivity index (χ2v) is 1.41. The number of carbonyl (C=O) groups is 1. The molecule has 0 atom stereocenters. The monoisotopic (exact) mass is 133 g/mol. The Hall–Kier alpha value is -0.370. The van der Waals surface area contributed by atoms with Crippen molar-refractivity contribution < 1.29 is 4.79 Å². The molecule has 0 bridgehead atoms. The Bertz CT molecular complexity index is 40.2. The van der Waals surface area contributed by atoms with Crippen LogP contribution in [0.1, 0.15) is 27.7 Å². The summed E-state index contributed by atoms with van der Waals surface area (Å²) in [5.41, 5.74) is 0. The van der Waals surface area contributed by atoms with Gasteiger partial charge in [0.2, 0.25) is 0 Å². The largest absolute Gasteiger partial charge is 0.323 e. The maximum atomic E-state index is 9.44. The average molecular weight is 133 g/mol. The van der Waals surface area contributed by atoms with Gasteiger partial charge in [0.05, 0.1) is 0 Å². The summed E-state index contributed by atoms with van der Waals surface area (Å²) in [6.07, 6.45) is 0. The Morgan fingerprint density at radius 2 is 1.11 bits per heavy atom. The molecule has 0 unspecified atom stereocenters. The summed E-state index contributed by atoms with van der Waals surface area (Å²) in [6.45, 7) is 7.06. The molecule has 0 aliphatic carbocycles. The molecule has 58 valence electrons. The molecule has 0 aliphatic rings. The van der Waals surface area contributed by atoms with E-state index in [0.717, 1.165) is 0 Å². The molecule has 1 N–H and O–H groups in total. The van der Waals surface area contributed by atoms with Gasteiger partial charge < -0.3 is 10.1 Å². The van der Waals surface area contributed by atoms with Crippen molar-refractivity contribution in [3.8, 4) is 0 Å². The van der Waals surface area contributed by atoms with Crippen LogP contribution in [0.2, 0.25) is 0 Å². The molecule has 0 spiro atoms. The van der Waals surface area contributed by atoms with E-state index in [-0.39, 0.29) is 5.78 Å². The van der Waals surface area contributed by atoms with E-state index < -0.39 is 0 Å². The van der Waals surface area contributed by atoms with Crippen LogP contribution in [-0.2, 0) is 4.79 Å². The van der Waals surface area contributed by atoms with Crippen LogP contribution in [0.25, 0.3) is 0 Å². The lowest BCUT2D eigenvalue weighted by Crippen LogP contribution is -1.89. The van der Waals surface area contributed by atoms with Crippen LogP contribution in [0.5, 0.6) is 0 Å². The van der Waals surface area contributed by atoms with E-state index in [1.165, 1.54) is 13.8 Å². The third-order valence-electron chi connectivity index (χ3n) is 0. The number of hydrogen-bond acceptors (Lipinski definition) is 2. The second-order valence-electron chi connectivity index (χ2n) is 1.41. The molecule has 2 nitrogen and oxygen atoms in total. The Morgan fingerprint density at radius 3 is 1.11 bits per heavy atom. The van der Waals surface area contributed by atoms with Gasteiger partial charge in [-0.25, -0.2) is 0 Å². The van der Waals surface area contributed by atoms with Crippen molar-refractivity contribution in [3.63, 3.8) is 0 Å². The van der Waals surface area contributed by atoms with Gasteiger partial charge in [0.1, 0.15) is 5.78 Å². The van der Waals surface area contributed by atoms with Crippen molar-refractivity contribution in [2.75, 3.05) is 14.1 Å². The summed E-state index contributed by atoms with van der Waals surface area (Å²) in [5.74, 6) is 0.167. The van der Waals surface area contributed by atoms with Crippen LogP contribution in [0.3, 0.4) is 0 Å².